The number of carboxylic acid groups (broad SMARTS) is 1. The molecular formula is C21H32O4. The van der Waals surface area contributed by atoms with Crippen LogP contribution < -0.4 is 0 Å². The standard InChI is InChI=1S/C21H32O4/c1-2-3-7-10-18(22)15-13-17-14-16-20(23)19(17)11-8-5-4-6-9-12-21(24)25/h5,8,13,15,17,19H,2-4,6-7,9-12,14,16H2,1H3,(H,24,25). The molecule has 4 nitrogen and oxygen atoms in total. The van der Waals surface area contributed by atoms with Gasteiger partial charge in [0.1, 0.15) is 5.78 Å². The largest absolute Gasteiger partial charge is 0.481 e. The first-order valence-electron chi connectivity index (χ1n) is 9.65. The maximum Gasteiger partial charge on any atom is 0.303 e. The zero-order valence-electron chi connectivity index (χ0n) is 15.4. The van der Waals surface area contributed by atoms with Crippen molar-refractivity contribution in [2.45, 2.75) is 77.6 Å². The molecule has 1 fully saturated rings. The summed E-state index contributed by atoms with van der Waals surface area (Å²) < 4.78 is 0. The monoisotopic (exact) mass is 348 g/mol. The first-order valence-corrected chi connectivity index (χ1v) is 9.65. The van der Waals surface area contributed by atoms with Gasteiger partial charge in [-0.1, -0.05) is 38.0 Å². The molecule has 1 N–H and O–H groups in total. The molecular weight excluding hydrogens is 316 g/mol. The van der Waals surface area contributed by atoms with Crippen LogP contribution in [0.1, 0.15) is 77.6 Å². The van der Waals surface area contributed by atoms with Crippen molar-refractivity contribution in [1.29, 1.82) is 0 Å². The lowest BCUT2D eigenvalue weighted by atomic mass is 9.91. The van der Waals surface area contributed by atoms with Crippen molar-refractivity contribution >= 4 is 17.5 Å². The molecule has 0 saturated heterocycles. The van der Waals surface area contributed by atoms with Gasteiger partial charge in [0.05, 0.1) is 0 Å². The number of allylic oxidation sites excluding steroid dienone is 4. The Bertz CT molecular complexity index is 490. The number of hydrogen-bond acceptors (Lipinski definition) is 3. The second-order valence-electron chi connectivity index (χ2n) is 6.90. The van der Waals surface area contributed by atoms with Crippen LogP contribution in [0.5, 0.6) is 0 Å². The maximum atomic E-state index is 12.1. The number of rotatable bonds is 13. The van der Waals surface area contributed by atoms with Crippen molar-refractivity contribution < 1.29 is 19.5 Å². The van der Waals surface area contributed by atoms with Crippen LogP contribution in [0.2, 0.25) is 0 Å². The van der Waals surface area contributed by atoms with Crippen molar-refractivity contribution in [3.63, 3.8) is 0 Å². The van der Waals surface area contributed by atoms with Crippen molar-refractivity contribution in [2.24, 2.45) is 11.8 Å². The molecule has 1 aliphatic rings. The Balaban J connectivity index is 2.34. The molecule has 0 amide bonds. The molecule has 1 aliphatic carbocycles. The average Bonchev–Trinajstić information content (AvgIpc) is 2.92. The summed E-state index contributed by atoms with van der Waals surface area (Å²) in [4.78, 5) is 34.3. The molecule has 25 heavy (non-hydrogen) atoms. The molecule has 0 aromatic heterocycles. The Morgan fingerprint density at radius 1 is 1.12 bits per heavy atom. The smallest absolute Gasteiger partial charge is 0.303 e. The number of ketones is 2. The van der Waals surface area contributed by atoms with E-state index in [1.54, 1.807) is 6.08 Å². The van der Waals surface area contributed by atoms with Crippen LogP contribution in [0, 0.1) is 11.8 Å². The Labute approximate surface area is 151 Å². The molecule has 2 atom stereocenters. The van der Waals surface area contributed by atoms with Gasteiger partial charge in [0.25, 0.3) is 0 Å². The minimum atomic E-state index is -0.751. The summed E-state index contributed by atoms with van der Waals surface area (Å²) >= 11 is 0. The van der Waals surface area contributed by atoms with E-state index in [-0.39, 0.29) is 24.0 Å². The second-order valence-corrected chi connectivity index (χ2v) is 6.90. The summed E-state index contributed by atoms with van der Waals surface area (Å²) in [5, 5.41) is 8.58. The minimum absolute atomic E-state index is 0.00467. The molecule has 0 aromatic rings. The van der Waals surface area contributed by atoms with Gasteiger partial charge in [0.15, 0.2) is 5.78 Å². The summed E-state index contributed by atoms with van der Waals surface area (Å²) in [6.07, 6.45) is 16.2. The van der Waals surface area contributed by atoms with Gasteiger partial charge in [-0.3, -0.25) is 14.4 Å². The molecule has 1 rings (SSSR count). The van der Waals surface area contributed by atoms with Crippen LogP contribution in [-0.2, 0) is 14.4 Å². The van der Waals surface area contributed by atoms with Gasteiger partial charge in [0, 0.05) is 25.2 Å². The van der Waals surface area contributed by atoms with E-state index in [4.69, 9.17) is 5.11 Å². The number of carbonyl (C=O) groups is 3. The van der Waals surface area contributed by atoms with E-state index < -0.39 is 5.97 Å². The van der Waals surface area contributed by atoms with Gasteiger partial charge in [0.2, 0.25) is 0 Å². The average molecular weight is 348 g/mol. The summed E-state index contributed by atoms with van der Waals surface area (Å²) in [6.45, 7) is 2.12. The normalized spacial score (nSPS) is 20.8. The Kier molecular flexibility index (Phi) is 10.8. The first-order chi connectivity index (χ1) is 12.0. The summed E-state index contributed by atoms with van der Waals surface area (Å²) in [6, 6.07) is 0. The number of carbonyl (C=O) groups excluding carboxylic acids is 2. The highest BCUT2D eigenvalue weighted by Crippen LogP contribution is 2.32. The predicted octanol–water partition coefficient (Wildman–Crippen LogP) is 4.88. The summed E-state index contributed by atoms with van der Waals surface area (Å²) in [5.41, 5.74) is 0. The fourth-order valence-electron chi connectivity index (χ4n) is 3.23. The number of unbranched alkanes of at least 4 members (excludes halogenated alkanes) is 4. The number of aliphatic carboxylic acids is 1. The first kappa shape index (κ1) is 21.3. The van der Waals surface area contributed by atoms with Crippen molar-refractivity contribution in [3.05, 3.63) is 24.3 Å². The molecule has 0 bridgehead atoms. The molecule has 4 heteroatoms. The fourth-order valence-corrected chi connectivity index (χ4v) is 3.23. The van der Waals surface area contributed by atoms with Gasteiger partial charge in [-0.2, -0.15) is 0 Å². The highest BCUT2D eigenvalue weighted by Gasteiger charge is 2.31. The Morgan fingerprint density at radius 3 is 2.60 bits per heavy atom. The van der Waals surface area contributed by atoms with Crippen molar-refractivity contribution in [3.8, 4) is 0 Å². The fraction of sp³-hybridized carbons (Fsp3) is 0.667. The molecule has 0 heterocycles. The molecule has 140 valence electrons. The van der Waals surface area contributed by atoms with E-state index in [1.165, 1.54) is 0 Å². The molecule has 0 radical (unpaired) electrons. The number of hydrogen-bond donors (Lipinski definition) is 1. The van der Waals surface area contributed by atoms with E-state index >= 15 is 0 Å². The third kappa shape index (κ3) is 9.37. The number of Topliss-reactive ketones (excluding diaryl/α,β-unsaturated/α-hetero) is 1. The molecule has 2 unspecified atom stereocenters. The lowest BCUT2D eigenvalue weighted by molar-refractivity contribution is -0.137. The van der Waals surface area contributed by atoms with E-state index in [1.807, 2.05) is 18.2 Å². The Morgan fingerprint density at radius 2 is 1.88 bits per heavy atom. The SMILES string of the molecule is CCCCCC(=O)C=CC1CCC(=O)C1CC=CCCCCC(=O)O. The highest BCUT2D eigenvalue weighted by atomic mass is 16.4. The third-order valence-electron chi connectivity index (χ3n) is 4.78. The molecule has 1 saturated carbocycles. The van der Waals surface area contributed by atoms with Gasteiger partial charge < -0.3 is 5.11 Å². The van der Waals surface area contributed by atoms with Gasteiger partial charge >= 0.3 is 5.97 Å². The summed E-state index contributed by atoms with van der Waals surface area (Å²) in [5.74, 6) is -0.113. The van der Waals surface area contributed by atoms with E-state index in [9.17, 15) is 14.4 Å². The number of carboxylic acids is 1. The molecule has 0 spiro atoms. The van der Waals surface area contributed by atoms with Gasteiger partial charge in [-0.25, -0.2) is 0 Å². The minimum Gasteiger partial charge on any atom is -0.481 e. The van der Waals surface area contributed by atoms with Gasteiger partial charge in [-0.05, 0) is 50.5 Å². The van der Waals surface area contributed by atoms with Crippen LogP contribution in [0.3, 0.4) is 0 Å². The third-order valence-corrected chi connectivity index (χ3v) is 4.78. The van der Waals surface area contributed by atoms with Gasteiger partial charge in [-0.15, -0.1) is 0 Å². The van der Waals surface area contributed by atoms with Crippen LogP contribution in [0.15, 0.2) is 24.3 Å². The highest BCUT2D eigenvalue weighted by molar-refractivity contribution is 5.90. The zero-order valence-corrected chi connectivity index (χ0v) is 15.4. The maximum absolute atomic E-state index is 12.1. The predicted molar refractivity (Wildman–Crippen MR) is 99.4 cm³/mol. The van der Waals surface area contributed by atoms with E-state index in [0.29, 0.717) is 25.0 Å². The van der Waals surface area contributed by atoms with Crippen LogP contribution >= 0.6 is 0 Å². The quantitative estimate of drug-likeness (QED) is 0.292. The topological polar surface area (TPSA) is 71.4 Å². The lowest BCUT2D eigenvalue weighted by Crippen LogP contribution is -2.12. The second kappa shape index (κ2) is 12.6. The van der Waals surface area contributed by atoms with Crippen LogP contribution in [-0.4, -0.2) is 22.6 Å². The summed E-state index contributed by atoms with van der Waals surface area (Å²) in [7, 11) is 0. The van der Waals surface area contributed by atoms with E-state index in [2.05, 4.69) is 6.92 Å². The van der Waals surface area contributed by atoms with Crippen molar-refractivity contribution in [1.82, 2.24) is 0 Å². The molecule has 0 aliphatic heterocycles. The van der Waals surface area contributed by atoms with Crippen LogP contribution in [0.4, 0.5) is 0 Å². The zero-order chi connectivity index (χ0) is 18.5. The lowest BCUT2D eigenvalue weighted by Gasteiger charge is -2.12. The molecule has 0 aromatic carbocycles. The van der Waals surface area contributed by atoms with Crippen LogP contribution in [0.25, 0.3) is 0 Å². The van der Waals surface area contributed by atoms with E-state index in [0.717, 1.165) is 44.9 Å². The van der Waals surface area contributed by atoms with Crippen molar-refractivity contribution in [2.75, 3.05) is 0 Å². The Hall–Kier alpha value is -1.71.